The van der Waals surface area contributed by atoms with E-state index in [0.717, 1.165) is 6.42 Å². The van der Waals surface area contributed by atoms with Crippen LogP contribution in [0.25, 0.3) is 0 Å². The van der Waals surface area contributed by atoms with Crippen LogP contribution >= 0.6 is 0 Å². The zero-order valence-corrected chi connectivity index (χ0v) is 10.6. The van der Waals surface area contributed by atoms with Crippen molar-refractivity contribution in [1.29, 1.82) is 0 Å². The highest BCUT2D eigenvalue weighted by Crippen LogP contribution is 2.46. The molecule has 0 aromatic carbocycles. The fraction of sp³-hybridized carbons (Fsp3) is 1.00. The molecule has 1 fully saturated rings. The van der Waals surface area contributed by atoms with Crippen molar-refractivity contribution >= 4 is 0 Å². The number of unbranched alkanes of at least 4 members (excludes halogenated alkanes) is 7. The molecule has 0 spiro atoms. The minimum Gasteiger partial charge on any atom is -0.390 e. The van der Waals surface area contributed by atoms with Gasteiger partial charge in [-0.2, -0.15) is 0 Å². The van der Waals surface area contributed by atoms with Gasteiger partial charge in [0.05, 0.1) is 5.60 Å². The first-order valence-corrected chi connectivity index (χ1v) is 6.89. The van der Waals surface area contributed by atoms with Gasteiger partial charge in [0.15, 0.2) is 0 Å². The largest absolute Gasteiger partial charge is 0.390 e. The van der Waals surface area contributed by atoms with E-state index in [1.807, 2.05) is 6.92 Å². The molecule has 0 aromatic heterocycles. The first kappa shape index (κ1) is 13.0. The van der Waals surface area contributed by atoms with Crippen molar-refractivity contribution < 1.29 is 5.11 Å². The summed E-state index contributed by atoms with van der Waals surface area (Å²) in [5, 5.41) is 9.59. The standard InChI is InChI=1S/C14H28O/c1-3-4-5-6-7-8-9-10-11-13-12-14(13,2)15/h13,15H,3-12H2,1-2H3. The summed E-state index contributed by atoms with van der Waals surface area (Å²) < 4.78 is 0. The molecule has 1 N–H and O–H groups in total. The summed E-state index contributed by atoms with van der Waals surface area (Å²) in [6.07, 6.45) is 13.4. The smallest absolute Gasteiger partial charge is 0.0652 e. The van der Waals surface area contributed by atoms with E-state index in [4.69, 9.17) is 0 Å². The SMILES string of the molecule is CCCCCCCCCCC1CC1(C)O. The molecular weight excluding hydrogens is 184 g/mol. The number of hydrogen-bond donors (Lipinski definition) is 1. The minimum atomic E-state index is -0.291. The predicted molar refractivity (Wildman–Crippen MR) is 66.0 cm³/mol. The fourth-order valence-electron chi connectivity index (χ4n) is 2.38. The van der Waals surface area contributed by atoms with E-state index in [9.17, 15) is 5.11 Å². The summed E-state index contributed by atoms with van der Waals surface area (Å²) in [4.78, 5) is 0. The van der Waals surface area contributed by atoms with E-state index in [0.29, 0.717) is 5.92 Å². The van der Waals surface area contributed by atoms with Crippen molar-refractivity contribution in [2.45, 2.75) is 83.7 Å². The fourth-order valence-corrected chi connectivity index (χ4v) is 2.38. The van der Waals surface area contributed by atoms with Gasteiger partial charge in [0, 0.05) is 0 Å². The molecule has 0 radical (unpaired) electrons. The van der Waals surface area contributed by atoms with Crippen LogP contribution in [0.15, 0.2) is 0 Å². The maximum absolute atomic E-state index is 9.59. The average Bonchev–Trinajstić information content (AvgIpc) is 2.79. The third-order valence-corrected chi connectivity index (χ3v) is 3.79. The van der Waals surface area contributed by atoms with Crippen LogP contribution in [-0.2, 0) is 0 Å². The first-order valence-electron chi connectivity index (χ1n) is 6.89. The normalized spacial score (nSPS) is 29.4. The minimum absolute atomic E-state index is 0.291. The van der Waals surface area contributed by atoms with Crippen LogP contribution in [0.1, 0.15) is 78.1 Å². The van der Waals surface area contributed by atoms with Gasteiger partial charge in [-0.15, -0.1) is 0 Å². The van der Waals surface area contributed by atoms with Gasteiger partial charge in [-0.3, -0.25) is 0 Å². The zero-order chi connectivity index (χ0) is 11.1. The van der Waals surface area contributed by atoms with Crippen molar-refractivity contribution in [3.8, 4) is 0 Å². The Balaban J connectivity index is 1.74. The van der Waals surface area contributed by atoms with Gasteiger partial charge in [-0.05, 0) is 25.7 Å². The molecule has 2 atom stereocenters. The van der Waals surface area contributed by atoms with Gasteiger partial charge in [0.1, 0.15) is 0 Å². The Morgan fingerprint density at radius 1 is 1.00 bits per heavy atom. The molecule has 15 heavy (non-hydrogen) atoms. The van der Waals surface area contributed by atoms with E-state index >= 15 is 0 Å². The molecule has 1 heteroatoms. The van der Waals surface area contributed by atoms with Gasteiger partial charge in [-0.25, -0.2) is 0 Å². The lowest BCUT2D eigenvalue weighted by Gasteiger charge is -2.03. The van der Waals surface area contributed by atoms with E-state index in [2.05, 4.69) is 6.92 Å². The lowest BCUT2D eigenvalue weighted by Crippen LogP contribution is -2.02. The monoisotopic (exact) mass is 212 g/mol. The molecule has 1 aliphatic rings. The summed E-state index contributed by atoms with van der Waals surface area (Å²) in [7, 11) is 0. The van der Waals surface area contributed by atoms with Crippen LogP contribution in [0.3, 0.4) is 0 Å². The Labute approximate surface area is 95.3 Å². The molecule has 90 valence electrons. The number of hydrogen-bond acceptors (Lipinski definition) is 1. The maximum Gasteiger partial charge on any atom is 0.0652 e. The number of rotatable bonds is 9. The Morgan fingerprint density at radius 2 is 1.47 bits per heavy atom. The van der Waals surface area contributed by atoms with Crippen LogP contribution in [0.2, 0.25) is 0 Å². The highest BCUT2D eigenvalue weighted by molar-refractivity contribution is 4.98. The summed E-state index contributed by atoms with van der Waals surface area (Å²) >= 11 is 0. The van der Waals surface area contributed by atoms with Crippen LogP contribution in [0.4, 0.5) is 0 Å². The van der Waals surface area contributed by atoms with Crippen molar-refractivity contribution in [2.24, 2.45) is 5.92 Å². The summed E-state index contributed by atoms with van der Waals surface area (Å²) in [6.45, 7) is 4.24. The summed E-state index contributed by atoms with van der Waals surface area (Å²) in [5.74, 6) is 0.623. The maximum atomic E-state index is 9.59. The third kappa shape index (κ3) is 5.55. The molecule has 0 aliphatic heterocycles. The van der Waals surface area contributed by atoms with Gasteiger partial charge >= 0.3 is 0 Å². The lowest BCUT2D eigenvalue weighted by molar-refractivity contribution is 0.149. The highest BCUT2D eigenvalue weighted by Gasteiger charge is 2.47. The molecule has 1 aliphatic carbocycles. The average molecular weight is 212 g/mol. The molecule has 1 nitrogen and oxygen atoms in total. The van der Waals surface area contributed by atoms with Crippen molar-refractivity contribution in [3.05, 3.63) is 0 Å². The molecule has 2 unspecified atom stereocenters. The summed E-state index contributed by atoms with van der Waals surface area (Å²) in [6, 6.07) is 0. The molecule has 0 saturated heterocycles. The topological polar surface area (TPSA) is 20.2 Å². The van der Waals surface area contributed by atoms with Crippen LogP contribution in [0, 0.1) is 5.92 Å². The van der Waals surface area contributed by atoms with E-state index in [1.165, 1.54) is 57.8 Å². The molecule has 0 amide bonds. The second-order valence-corrected chi connectivity index (χ2v) is 5.52. The van der Waals surface area contributed by atoms with Gasteiger partial charge in [0.25, 0.3) is 0 Å². The lowest BCUT2D eigenvalue weighted by atomic mass is 10.1. The van der Waals surface area contributed by atoms with Gasteiger partial charge < -0.3 is 5.11 Å². The van der Waals surface area contributed by atoms with Crippen LogP contribution in [-0.4, -0.2) is 10.7 Å². The van der Waals surface area contributed by atoms with Crippen molar-refractivity contribution in [1.82, 2.24) is 0 Å². The zero-order valence-electron chi connectivity index (χ0n) is 10.6. The molecule has 0 heterocycles. The second kappa shape index (κ2) is 6.52. The van der Waals surface area contributed by atoms with E-state index in [-0.39, 0.29) is 5.60 Å². The van der Waals surface area contributed by atoms with Crippen molar-refractivity contribution in [3.63, 3.8) is 0 Å². The van der Waals surface area contributed by atoms with E-state index in [1.54, 1.807) is 0 Å². The quantitative estimate of drug-likeness (QED) is 0.565. The molecule has 0 aromatic rings. The predicted octanol–water partition coefficient (Wildman–Crippen LogP) is 4.29. The Morgan fingerprint density at radius 3 is 1.93 bits per heavy atom. The molecular formula is C14H28O. The van der Waals surface area contributed by atoms with Gasteiger partial charge in [-0.1, -0.05) is 58.3 Å². The Hall–Kier alpha value is -0.0400. The Bertz CT molecular complexity index is 163. The molecule has 0 bridgehead atoms. The summed E-state index contributed by atoms with van der Waals surface area (Å²) in [5.41, 5.74) is -0.291. The number of aliphatic hydroxyl groups is 1. The van der Waals surface area contributed by atoms with Crippen LogP contribution < -0.4 is 0 Å². The van der Waals surface area contributed by atoms with Crippen LogP contribution in [0.5, 0.6) is 0 Å². The Kier molecular flexibility index (Phi) is 5.66. The molecule has 1 saturated carbocycles. The first-order chi connectivity index (χ1) is 7.17. The van der Waals surface area contributed by atoms with E-state index < -0.39 is 0 Å². The highest BCUT2D eigenvalue weighted by atomic mass is 16.3. The molecule has 1 rings (SSSR count). The second-order valence-electron chi connectivity index (χ2n) is 5.52. The third-order valence-electron chi connectivity index (χ3n) is 3.79. The van der Waals surface area contributed by atoms with Crippen molar-refractivity contribution in [2.75, 3.05) is 0 Å². The van der Waals surface area contributed by atoms with Gasteiger partial charge in [0.2, 0.25) is 0 Å².